The Morgan fingerprint density at radius 2 is 1.89 bits per heavy atom. The summed E-state index contributed by atoms with van der Waals surface area (Å²) < 4.78 is 23.2. The molecule has 0 radical (unpaired) electrons. The van der Waals surface area contributed by atoms with Gasteiger partial charge in [-0.2, -0.15) is 0 Å². The van der Waals surface area contributed by atoms with Crippen molar-refractivity contribution in [1.29, 1.82) is 0 Å². The summed E-state index contributed by atoms with van der Waals surface area (Å²) in [5.41, 5.74) is 6.07. The number of nitrogens with two attached hydrogens (primary N) is 1. The topological polar surface area (TPSA) is 63.4 Å². The van der Waals surface area contributed by atoms with Crippen molar-refractivity contribution in [3.63, 3.8) is 0 Å². The lowest BCUT2D eigenvalue weighted by Crippen LogP contribution is -2.57. The van der Waals surface area contributed by atoms with Crippen LogP contribution < -0.4 is 5.73 Å². The molecule has 1 saturated carbocycles. The van der Waals surface area contributed by atoms with Crippen molar-refractivity contribution in [1.82, 2.24) is 4.90 Å². The van der Waals surface area contributed by atoms with Crippen LogP contribution in [0.4, 0.5) is 0 Å². The van der Waals surface area contributed by atoms with Crippen LogP contribution in [0.2, 0.25) is 0 Å². The molecule has 1 unspecified atom stereocenters. The second-order valence-corrected chi connectivity index (χ2v) is 8.51. The highest BCUT2D eigenvalue weighted by molar-refractivity contribution is 7.91. The van der Waals surface area contributed by atoms with E-state index in [1.165, 1.54) is 12.8 Å². The summed E-state index contributed by atoms with van der Waals surface area (Å²) in [6.45, 7) is 2.94. The monoisotopic (exact) mass is 274 g/mol. The van der Waals surface area contributed by atoms with Crippen LogP contribution in [0.25, 0.3) is 0 Å². The smallest absolute Gasteiger partial charge is 0.151 e. The van der Waals surface area contributed by atoms with Crippen LogP contribution in [0.15, 0.2) is 0 Å². The molecule has 0 spiro atoms. The maximum absolute atomic E-state index is 11.6. The predicted molar refractivity (Wildman–Crippen MR) is 74.2 cm³/mol. The van der Waals surface area contributed by atoms with Gasteiger partial charge in [-0.05, 0) is 45.1 Å². The van der Waals surface area contributed by atoms with Gasteiger partial charge >= 0.3 is 0 Å². The third kappa shape index (κ3) is 2.73. The lowest BCUT2D eigenvalue weighted by Gasteiger charge is -2.48. The first-order valence-corrected chi connectivity index (χ1v) is 8.84. The SMILES string of the molecule is CC1CCC(CN)(N(C)C2CCS(=O)(=O)C2)CC1. The van der Waals surface area contributed by atoms with Crippen molar-refractivity contribution in [3.8, 4) is 0 Å². The first kappa shape index (κ1) is 14.3. The Hall–Kier alpha value is -0.130. The number of likely N-dealkylation sites (N-methyl/N-ethyl adjacent to an activating group) is 1. The number of rotatable bonds is 3. The molecular weight excluding hydrogens is 248 g/mol. The number of hydrogen-bond donors (Lipinski definition) is 1. The standard InChI is InChI=1S/C13H26N2O2S/c1-11-3-6-13(10-14,7-4-11)15(2)12-5-8-18(16,17)9-12/h11-12H,3-10,14H2,1-2H3. The van der Waals surface area contributed by atoms with Crippen LogP contribution in [0.3, 0.4) is 0 Å². The molecule has 1 aliphatic carbocycles. The number of hydrogen-bond acceptors (Lipinski definition) is 4. The highest BCUT2D eigenvalue weighted by atomic mass is 32.2. The van der Waals surface area contributed by atoms with E-state index in [2.05, 4.69) is 18.9 Å². The molecule has 5 heteroatoms. The largest absolute Gasteiger partial charge is 0.329 e. The van der Waals surface area contributed by atoms with Crippen LogP contribution in [0.1, 0.15) is 39.0 Å². The normalized spacial score (nSPS) is 40.2. The summed E-state index contributed by atoms with van der Waals surface area (Å²) in [6, 6.07) is 0.173. The van der Waals surface area contributed by atoms with E-state index in [1.807, 2.05) is 0 Å². The summed E-state index contributed by atoms with van der Waals surface area (Å²) in [7, 11) is -0.730. The molecule has 1 atom stereocenters. The minimum atomic E-state index is -2.81. The molecule has 0 aromatic rings. The molecule has 0 aromatic carbocycles. The summed E-state index contributed by atoms with van der Waals surface area (Å²) >= 11 is 0. The molecular formula is C13H26N2O2S. The van der Waals surface area contributed by atoms with E-state index in [0.29, 0.717) is 18.1 Å². The average Bonchev–Trinajstić information content (AvgIpc) is 2.70. The van der Waals surface area contributed by atoms with E-state index in [0.717, 1.165) is 25.2 Å². The van der Waals surface area contributed by atoms with E-state index in [4.69, 9.17) is 5.73 Å². The van der Waals surface area contributed by atoms with E-state index in [9.17, 15) is 8.42 Å². The zero-order valence-corrected chi connectivity index (χ0v) is 12.4. The zero-order chi connectivity index (χ0) is 13.4. The van der Waals surface area contributed by atoms with E-state index >= 15 is 0 Å². The van der Waals surface area contributed by atoms with Gasteiger partial charge < -0.3 is 5.73 Å². The summed E-state index contributed by atoms with van der Waals surface area (Å²) in [4.78, 5) is 2.30. The van der Waals surface area contributed by atoms with Gasteiger partial charge in [0, 0.05) is 18.1 Å². The summed E-state index contributed by atoms with van der Waals surface area (Å²) in [5.74, 6) is 1.45. The molecule has 0 amide bonds. The summed E-state index contributed by atoms with van der Waals surface area (Å²) in [6.07, 6.45) is 5.41. The Morgan fingerprint density at radius 3 is 2.33 bits per heavy atom. The summed E-state index contributed by atoms with van der Waals surface area (Å²) in [5, 5.41) is 0. The van der Waals surface area contributed by atoms with Gasteiger partial charge in [0.15, 0.2) is 9.84 Å². The van der Waals surface area contributed by atoms with Crippen LogP contribution >= 0.6 is 0 Å². The quantitative estimate of drug-likeness (QED) is 0.834. The van der Waals surface area contributed by atoms with Gasteiger partial charge in [0.25, 0.3) is 0 Å². The molecule has 4 nitrogen and oxygen atoms in total. The molecule has 106 valence electrons. The van der Waals surface area contributed by atoms with Crippen molar-refractivity contribution >= 4 is 9.84 Å². The van der Waals surface area contributed by atoms with E-state index in [-0.39, 0.29) is 11.6 Å². The van der Waals surface area contributed by atoms with Gasteiger partial charge in [-0.25, -0.2) is 8.42 Å². The third-order valence-electron chi connectivity index (χ3n) is 5.09. The predicted octanol–water partition coefficient (Wildman–Crippen LogP) is 1.01. The molecule has 0 bridgehead atoms. The molecule has 1 aliphatic heterocycles. The maximum atomic E-state index is 11.6. The number of sulfone groups is 1. The minimum Gasteiger partial charge on any atom is -0.329 e. The fraction of sp³-hybridized carbons (Fsp3) is 1.00. The zero-order valence-electron chi connectivity index (χ0n) is 11.6. The fourth-order valence-electron chi connectivity index (χ4n) is 3.47. The Morgan fingerprint density at radius 1 is 1.28 bits per heavy atom. The second kappa shape index (κ2) is 5.10. The highest BCUT2D eigenvalue weighted by Crippen LogP contribution is 2.37. The van der Waals surface area contributed by atoms with Crippen LogP contribution in [0.5, 0.6) is 0 Å². The molecule has 0 aromatic heterocycles. The highest BCUT2D eigenvalue weighted by Gasteiger charge is 2.42. The number of nitrogens with zero attached hydrogens (tertiary/aromatic N) is 1. The molecule has 1 heterocycles. The molecule has 2 fully saturated rings. The Bertz CT molecular complexity index is 386. The van der Waals surface area contributed by atoms with E-state index < -0.39 is 9.84 Å². The molecule has 18 heavy (non-hydrogen) atoms. The maximum Gasteiger partial charge on any atom is 0.151 e. The first-order chi connectivity index (χ1) is 8.38. The molecule has 1 saturated heterocycles. The van der Waals surface area contributed by atoms with Gasteiger partial charge in [-0.1, -0.05) is 6.92 Å². The molecule has 2 N–H and O–H groups in total. The van der Waals surface area contributed by atoms with Gasteiger partial charge in [-0.3, -0.25) is 4.90 Å². The third-order valence-corrected chi connectivity index (χ3v) is 6.84. The van der Waals surface area contributed by atoms with Crippen LogP contribution in [-0.4, -0.2) is 50.0 Å². The van der Waals surface area contributed by atoms with Gasteiger partial charge in [-0.15, -0.1) is 0 Å². The van der Waals surface area contributed by atoms with Crippen LogP contribution in [0, 0.1) is 5.92 Å². The van der Waals surface area contributed by atoms with Gasteiger partial charge in [0.2, 0.25) is 0 Å². The van der Waals surface area contributed by atoms with Gasteiger partial charge in [0.05, 0.1) is 11.5 Å². The lowest BCUT2D eigenvalue weighted by molar-refractivity contribution is 0.0402. The Kier molecular flexibility index (Phi) is 4.04. The average molecular weight is 274 g/mol. The van der Waals surface area contributed by atoms with Crippen molar-refractivity contribution in [2.45, 2.75) is 50.6 Å². The second-order valence-electron chi connectivity index (χ2n) is 6.28. The molecule has 2 aliphatic rings. The van der Waals surface area contributed by atoms with Crippen LogP contribution in [-0.2, 0) is 9.84 Å². The Balaban J connectivity index is 2.08. The fourth-order valence-corrected chi connectivity index (χ4v) is 5.24. The van der Waals surface area contributed by atoms with Crippen molar-refractivity contribution in [2.75, 3.05) is 25.1 Å². The van der Waals surface area contributed by atoms with Crippen molar-refractivity contribution in [2.24, 2.45) is 11.7 Å². The van der Waals surface area contributed by atoms with E-state index in [1.54, 1.807) is 0 Å². The minimum absolute atomic E-state index is 0.0387. The molecule has 2 rings (SSSR count). The van der Waals surface area contributed by atoms with Crippen molar-refractivity contribution < 1.29 is 8.42 Å². The Labute approximate surface area is 111 Å². The lowest BCUT2D eigenvalue weighted by atomic mass is 9.75. The van der Waals surface area contributed by atoms with Crippen molar-refractivity contribution in [3.05, 3.63) is 0 Å². The first-order valence-electron chi connectivity index (χ1n) is 7.02. The van der Waals surface area contributed by atoms with Gasteiger partial charge in [0.1, 0.15) is 0 Å².